The number of urea groups is 1. The highest BCUT2D eigenvalue weighted by molar-refractivity contribution is 6.01. The number of rotatable bonds is 8. The lowest BCUT2D eigenvalue weighted by Crippen LogP contribution is -2.47. The molecule has 1 N–H and O–H groups in total. The lowest BCUT2D eigenvalue weighted by molar-refractivity contribution is -0.125. The third kappa shape index (κ3) is 4.45. The zero-order valence-electron chi connectivity index (χ0n) is 18.0. The number of hydrogen-bond donors (Lipinski definition) is 1. The molecule has 3 aliphatic rings. The largest absolute Gasteiger partial charge is 0.497 e. The van der Waals surface area contributed by atoms with Crippen LogP contribution < -0.4 is 10.1 Å². The van der Waals surface area contributed by atoms with Crippen molar-refractivity contribution in [1.29, 1.82) is 0 Å². The molecule has 0 bridgehead atoms. The number of morpholine rings is 1. The third-order valence-corrected chi connectivity index (χ3v) is 6.04. The average Bonchev–Trinajstić information content (AvgIpc) is 3.12. The maximum atomic E-state index is 13.4. The van der Waals surface area contributed by atoms with Crippen LogP contribution in [0.3, 0.4) is 0 Å². The molecule has 8 nitrogen and oxygen atoms in total. The van der Waals surface area contributed by atoms with Crippen molar-refractivity contribution < 1.29 is 19.1 Å². The van der Waals surface area contributed by atoms with E-state index in [9.17, 15) is 9.59 Å². The first-order valence-electron chi connectivity index (χ1n) is 10.8. The normalized spacial score (nSPS) is 21.9. The van der Waals surface area contributed by atoms with Gasteiger partial charge in [0.25, 0.3) is 5.91 Å². The van der Waals surface area contributed by atoms with E-state index in [4.69, 9.17) is 9.47 Å². The summed E-state index contributed by atoms with van der Waals surface area (Å²) in [6.07, 6.45) is 2.57. The van der Waals surface area contributed by atoms with Gasteiger partial charge in [-0.15, -0.1) is 6.58 Å². The Morgan fingerprint density at radius 1 is 1.26 bits per heavy atom. The Morgan fingerprint density at radius 3 is 2.81 bits per heavy atom. The van der Waals surface area contributed by atoms with Crippen LogP contribution in [-0.4, -0.2) is 86.2 Å². The highest BCUT2D eigenvalue weighted by Gasteiger charge is 2.43. The predicted octanol–water partition coefficient (Wildman–Crippen LogP) is 1.77. The van der Waals surface area contributed by atoms with E-state index in [1.165, 1.54) is 0 Å². The Balaban J connectivity index is 1.53. The minimum atomic E-state index is -0.490. The smallest absolute Gasteiger partial charge is 0.322 e. The Labute approximate surface area is 183 Å². The Kier molecular flexibility index (Phi) is 6.58. The monoisotopic (exact) mass is 426 g/mol. The molecule has 0 spiro atoms. The Bertz CT molecular complexity index is 878. The van der Waals surface area contributed by atoms with E-state index >= 15 is 0 Å². The number of amides is 3. The minimum absolute atomic E-state index is 0.0149. The van der Waals surface area contributed by atoms with E-state index in [1.54, 1.807) is 18.1 Å². The fourth-order valence-corrected chi connectivity index (χ4v) is 4.43. The first-order chi connectivity index (χ1) is 15.1. The third-order valence-electron chi connectivity index (χ3n) is 6.04. The van der Waals surface area contributed by atoms with E-state index in [1.807, 2.05) is 29.2 Å². The van der Waals surface area contributed by atoms with Crippen molar-refractivity contribution in [2.75, 3.05) is 59.6 Å². The molecule has 1 atom stereocenters. The maximum absolute atomic E-state index is 13.4. The second-order valence-corrected chi connectivity index (χ2v) is 7.95. The number of carbonyl (C=O) groups excluding carboxylic acids is 2. The number of hydrogen-bond acceptors (Lipinski definition) is 5. The van der Waals surface area contributed by atoms with Crippen LogP contribution in [0.5, 0.6) is 5.75 Å². The standard InChI is InChI=1S/C23H30N4O4/c1-3-8-27-19-16-26(10-5-9-25-11-13-31-14-12-25)22(28)20(19)21(24-23(27)29)17-6-4-7-18(15-17)30-2/h3-4,6-7,15,21H,1,5,8-14,16H2,2H3,(H,24,29)/t21-/m0/s1. The minimum Gasteiger partial charge on any atom is -0.497 e. The maximum Gasteiger partial charge on any atom is 0.322 e. The van der Waals surface area contributed by atoms with Crippen molar-refractivity contribution in [2.45, 2.75) is 12.5 Å². The number of nitrogens with one attached hydrogen (secondary N) is 1. The fraction of sp³-hybridized carbons (Fsp3) is 0.478. The predicted molar refractivity (Wildman–Crippen MR) is 117 cm³/mol. The van der Waals surface area contributed by atoms with E-state index < -0.39 is 6.04 Å². The lowest BCUT2D eigenvalue weighted by atomic mass is 9.95. The Morgan fingerprint density at radius 2 is 2.06 bits per heavy atom. The van der Waals surface area contributed by atoms with Gasteiger partial charge in [0.15, 0.2) is 0 Å². The first kappa shape index (κ1) is 21.4. The molecule has 0 unspecified atom stereocenters. The van der Waals surface area contributed by atoms with Crippen LogP contribution in [0.25, 0.3) is 0 Å². The summed E-state index contributed by atoms with van der Waals surface area (Å²) in [5, 5.41) is 3.01. The van der Waals surface area contributed by atoms with Gasteiger partial charge in [-0.3, -0.25) is 14.6 Å². The van der Waals surface area contributed by atoms with Crippen molar-refractivity contribution in [2.24, 2.45) is 0 Å². The van der Waals surface area contributed by atoms with Crippen LogP contribution in [-0.2, 0) is 9.53 Å². The zero-order valence-corrected chi connectivity index (χ0v) is 18.0. The SMILES string of the molecule is C=CCN1C(=O)N[C@@H](c2cccc(OC)c2)C2=C1CN(CCCN1CCOCC1)C2=O. The fourth-order valence-electron chi connectivity index (χ4n) is 4.43. The van der Waals surface area contributed by atoms with Crippen LogP contribution in [0.1, 0.15) is 18.0 Å². The molecule has 1 aromatic rings. The molecule has 166 valence electrons. The van der Waals surface area contributed by atoms with Gasteiger partial charge in [0.1, 0.15) is 5.75 Å². The summed E-state index contributed by atoms with van der Waals surface area (Å²) in [6, 6.07) is 6.80. The molecule has 1 saturated heterocycles. The molecular formula is C23H30N4O4. The summed E-state index contributed by atoms with van der Waals surface area (Å²) in [4.78, 5) is 32.1. The molecule has 0 saturated carbocycles. The molecule has 4 rings (SSSR count). The van der Waals surface area contributed by atoms with E-state index in [0.717, 1.165) is 50.5 Å². The van der Waals surface area contributed by atoms with Crippen LogP contribution in [0, 0.1) is 0 Å². The molecule has 3 amide bonds. The molecule has 1 aromatic carbocycles. The summed E-state index contributed by atoms with van der Waals surface area (Å²) in [5.74, 6) is 0.675. The number of methoxy groups -OCH3 is 1. The van der Waals surface area contributed by atoms with Crippen molar-refractivity contribution >= 4 is 11.9 Å². The molecule has 3 aliphatic heterocycles. The molecule has 8 heteroatoms. The van der Waals surface area contributed by atoms with Crippen molar-refractivity contribution in [3.63, 3.8) is 0 Å². The van der Waals surface area contributed by atoms with Gasteiger partial charge in [-0.25, -0.2) is 4.79 Å². The molecular weight excluding hydrogens is 396 g/mol. The van der Waals surface area contributed by atoms with Crippen LogP contribution in [0.15, 0.2) is 48.2 Å². The van der Waals surface area contributed by atoms with Crippen LogP contribution in [0.4, 0.5) is 4.79 Å². The van der Waals surface area contributed by atoms with Crippen molar-refractivity contribution in [1.82, 2.24) is 20.0 Å². The zero-order chi connectivity index (χ0) is 21.8. The van der Waals surface area contributed by atoms with Gasteiger partial charge >= 0.3 is 6.03 Å². The summed E-state index contributed by atoms with van der Waals surface area (Å²) in [6.45, 7) is 9.58. The second kappa shape index (κ2) is 9.53. The molecule has 31 heavy (non-hydrogen) atoms. The molecule has 0 radical (unpaired) electrons. The van der Waals surface area contributed by atoms with Gasteiger partial charge in [-0.05, 0) is 24.1 Å². The highest BCUT2D eigenvalue weighted by atomic mass is 16.5. The van der Waals surface area contributed by atoms with Gasteiger partial charge in [-0.2, -0.15) is 0 Å². The molecule has 0 aliphatic carbocycles. The molecule has 0 aromatic heterocycles. The summed E-state index contributed by atoms with van der Waals surface area (Å²) in [5.41, 5.74) is 2.25. The van der Waals surface area contributed by atoms with Gasteiger partial charge in [0.2, 0.25) is 0 Å². The van der Waals surface area contributed by atoms with Gasteiger partial charge in [0, 0.05) is 32.7 Å². The van der Waals surface area contributed by atoms with Crippen LogP contribution in [0.2, 0.25) is 0 Å². The highest BCUT2D eigenvalue weighted by Crippen LogP contribution is 2.37. The number of carbonyl (C=O) groups is 2. The number of nitrogens with zero attached hydrogens (tertiary/aromatic N) is 3. The summed E-state index contributed by atoms with van der Waals surface area (Å²) < 4.78 is 10.7. The second-order valence-electron chi connectivity index (χ2n) is 7.95. The quantitative estimate of drug-likeness (QED) is 0.642. The average molecular weight is 427 g/mol. The molecule has 3 heterocycles. The lowest BCUT2D eigenvalue weighted by Gasteiger charge is -2.33. The van der Waals surface area contributed by atoms with E-state index in [0.29, 0.717) is 31.0 Å². The number of ether oxygens (including phenoxy) is 2. The first-order valence-corrected chi connectivity index (χ1v) is 10.8. The summed E-state index contributed by atoms with van der Waals surface area (Å²) in [7, 11) is 1.60. The van der Waals surface area contributed by atoms with Crippen molar-refractivity contribution in [3.05, 3.63) is 53.8 Å². The van der Waals surface area contributed by atoms with Crippen LogP contribution >= 0.6 is 0 Å². The van der Waals surface area contributed by atoms with E-state index in [-0.39, 0.29) is 11.9 Å². The van der Waals surface area contributed by atoms with Crippen molar-refractivity contribution in [3.8, 4) is 5.75 Å². The number of benzene rings is 1. The topological polar surface area (TPSA) is 74.4 Å². The Hall–Kier alpha value is -2.84. The molecule has 1 fully saturated rings. The summed E-state index contributed by atoms with van der Waals surface area (Å²) >= 11 is 0. The van der Waals surface area contributed by atoms with Gasteiger partial charge < -0.3 is 19.7 Å². The van der Waals surface area contributed by atoms with Gasteiger partial charge in [0.05, 0.1) is 44.2 Å². The van der Waals surface area contributed by atoms with E-state index in [2.05, 4.69) is 16.8 Å². The van der Waals surface area contributed by atoms with Gasteiger partial charge in [-0.1, -0.05) is 18.2 Å².